The summed E-state index contributed by atoms with van der Waals surface area (Å²) in [4.78, 5) is 34.2. The second-order valence-corrected chi connectivity index (χ2v) is 6.12. The van der Waals surface area contributed by atoms with Gasteiger partial charge in [-0.2, -0.15) is 0 Å². The number of nitrogens with one attached hydrogen (secondary N) is 1. The third-order valence-electron chi connectivity index (χ3n) is 4.40. The van der Waals surface area contributed by atoms with Crippen LogP contribution in [0.4, 0.5) is 0 Å². The Labute approximate surface area is 155 Å². The van der Waals surface area contributed by atoms with Crippen LogP contribution in [0.15, 0.2) is 48.5 Å². The maximum Gasteiger partial charge on any atom is 0.249 e. The van der Waals surface area contributed by atoms with Gasteiger partial charge in [0.1, 0.15) is 0 Å². The molecule has 0 aliphatic rings. The molecule has 2 aromatic carbocycles. The molecule has 0 spiro atoms. The largest absolute Gasteiger partial charge is 0.367 e. The van der Waals surface area contributed by atoms with E-state index in [9.17, 15) is 14.4 Å². The number of hydrogen-bond acceptors (Lipinski definition) is 3. The second kappa shape index (κ2) is 7.33. The number of nitrogens with zero attached hydrogens (tertiary/aromatic N) is 1. The van der Waals surface area contributed by atoms with Crippen molar-refractivity contribution in [3.8, 4) is 0 Å². The Morgan fingerprint density at radius 2 is 1.70 bits per heavy atom. The summed E-state index contributed by atoms with van der Waals surface area (Å²) in [5.74, 6) is -2.63. The number of aromatic nitrogens is 1. The zero-order chi connectivity index (χ0) is 19.6. The number of carbonyl (C=O) groups is 3. The van der Waals surface area contributed by atoms with Gasteiger partial charge in [-0.1, -0.05) is 24.3 Å². The van der Waals surface area contributed by atoms with Gasteiger partial charge in [0.05, 0.1) is 0 Å². The maximum atomic E-state index is 11.9. The van der Waals surface area contributed by atoms with Crippen molar-refractivity contribution >= 4 is 45.6 Å². The average Bonchev–Trinajstić information content (AvgIpc) is 2.97. The van der Waals surface area contributed by atoms with Crippen LogP contribution in [-0.4, -0.2) is 28.3 Å². The predicted molar refractivity (Wildman–Crippen MR) is 104 cm³/mol. The standard InChI is InChI=1S/C20H20N4O3/c1-2-24-15-6-4-3-5-13(15)14-11-12(7-9-16(14)24)8-10-17(25)23-18(19(21)26)20(22)27/h3-11,18H,2H2,1H3,(H2,21,26)(H2,22,27)(H,23,25)/b10-8+. The van der Waals surface area contributed by atoms with Gasteiger partial charge in [0.25, 0.3) is 0 Å². The van der Waals surface area contributed by atoms with Crippen molar-refractivity contribution in [2.75, 3.05) is 0 Å². The Bertz CT molecular complexity index is 1070. The highest BCUT2D eigenvalue weighted by molar-refractivity contribution is 6.09. The summed E-state index contributed by atoms with van der Waals surface area (Å²) in [6.07, 6.45) is 2.84. The van der Waals surface area contributed by atoms with Crippen molar-refractivity contribution in [1.29, 1.82) is 0 Å². The molecule has 0 unspecified atom stereocenters. The lowest BCUT2D eigenvalue weighted by molar-refractivity contribution is -0.132. The lowest BCUT2D eigenvalue weighted by Gasteiger charge is -2.09. The molecule has 27 heavy (non-hydrogen) atoms. The molecular formula is C20H20N4O3. The highest BCUT2D eigenvalue weighted by Crippen LogP contribution is 2.29. The fourth-order valence-electron chi connectivity index (χ4n) is 3.16. The summed E-state index contributed by atoms with van der Waals surface area (Å²) in [6.45, 7) is 2.95. The van der Waals surface area contributed by atoms with Gasteiger partial charge in [-0.3, -0.25) is 14.4 Å². The molecule has 138 valence electrons. The van der Waals surface area contributed by atoms with Crippen LogP contribution >= 0.6 is 0 Å². The van der Waals surface area contributed by atoms with Crippen LogP contribution in [0.1, 0.15) is 12.5 Å². The van der Waals surface area contributed by atoms with Crippen molar-refractivity contribution in [3.05, 3.63) is 54.1 Å². The number of nitrogens with two attached hydrogens (primary N) is 2. The van der Waals surface area contributed by atoms with E-state index in [1.807, 2.05) is 30.3 Å². The summed E-state index contributed by atoms with van der Waals surface area (Å²) < 4.78 is 2.23. The second-order valence-electron chi connectivity index (χ2n) is 6.12. The number of carbonyl (C=O) groups excluding carboxylic acids is 3. The zero-order valence-corrected chi connectivity index (χ0v) is 14.8. The fraction of sp³-hybridized carbons (Fsp3) is 0.150. The molecule has 0 aliphatic carbocycles. The number of primary amides is 2. The van der Waals surface area contributed by atoms with Crippen molar-refractivity contribution in [2.45, 2.75) is 19.5 Å². The molecule has 0 saturated heterocycles. The van der Waals surface area contributed by atoms with Crippen LogP contribution < -0.4 is 16.8 Å². The molecule has 3 amide bonds. The molecule has 1 heterocycles. The number of para-hydroxylation sites is 1. The third-order valence-corrected chi connectivity index (χ3v) is 4.40. The van der Waals surface area contributed by atoms with Crippen LogP contribution in [0.3, 0.4) is 0 Å². The van der Waals surface area contributed by atoms with Gasteiger partial charge in [0, 0.05) is 34.4 Å². The van der Waals surface area contributed by atoms with E-state index in [2.05, 4.69) is 28.9 Å². The molecule has 0 bridgehead atoms. The SMILES string of the molecule is CCn1c2ccccc2c2cc(/C=C/C(=O)NC(C(N)=O)C(N)=O)ccc21. The normalized spacial score (nSPS) is 11.5. The molecule has 1 aromatic heterocycles. The zero-order valence-electron chi connectivity index (χ0n) is 14.8. The topological polar surface area (TPSA) is 120 Å². The molecule has 0 radical (unpaired) electrons. The van der Waals surface area contributed by atoms with E-state index in [4.69, 9.17) is 11.5 Å². The molecule has 3 rings (SSSR count). The Morgan fingerprint density at radius 1 is 1.04 bits per heavy atom. The van der Waals surface area contributed by atoms with Gasteiger partial charge in [0.15, 0.2) is 6.04 Å². The number of aryl methyl sites for hydroxylation is 1. The number of benzene rings is 2. The minimum atomic E-state index is -1.54. The molecule has 0 saturated carbocycles. The van der Waals surface area contributed by atoms with Crippen LogP contribution in [0.25, 0.3) is 27.9 Å². The average molecular weight is 364 g/mol. The van der Waals surface area contributed by atoms with Gasteiger partial charge < -0.3 is 21.4 Å². The van der Waals surface area contributed by atoms with E-state index in [1.54, 1.807) is 6.08 Å². The predicted octanol–water partition coefficient (Wildman–Crippen LogP) is 1.28. The van der Waals surface area contributed by atoms with Crippen molar-refractivity contribution in [2.24, 2.45) is 11.5 Å². The Hall–Kier alpha value is -3.61. The molecule has 5 N–H and O–H groups in total. The van der Waals surface area contributed by atoms with E-state index in [0.29, 0.717) is 0 Å². The molecule has 0 aliphatic heterocycles. The van der Waals surface area contributed by atoms with E-state index in [1.165, 1.54) is 6.08 Å². The molecule has 7 nitrogen and oxygen atoms in total. The monoisotopic (exact) mass is 364 g/mol. The maximum absolute atomic E-state index is 11.9. The Kier molecular flexibility index (Phi) is 4.94. The van der Waals surface area contributed by atoms with E-state index in [0.717, 1.165) is 33.9 Å². The minimum Gasteiger partial charge on any atom is -0.367 e. The third kappa shape index (κ3) is 3.52. The molecular weight excluding hydrogens is 344 g/mol. The highest BCUT2D eigenvalue weighted by Gasteiger charge is 2.22. The number of amides is 3. The van der Waals surface area contributed by atoms with Crippen LogP contribution in [0.5, 0.6) is 0 Å². The first-order chi connectivity index (χ1) is 12.9. The number of rotatable bonds is 6. The van der Waals surface area contributed by atoms with E-state index < -0.39 is 23.8 Å². The lowest BCUT2D eigenvalue weighted by atomic mass is 10.1. The lowest BCUT2D eigenvalue weighted by Crippen LogP contribution is -2.52. The first-order valence-corrected chi connectivity index (χ1v) is 8.50. The van der Waals surface area contributed by atoms with Crippen LogP contribution in [-0.2, 0) is 20.9 Å². The number of hydrogen-bond donors (Lipinski definition) is 3. The quantitative estimate of drug-likeness (QED) is 0.451. The van der Waals surface area contributed by atoms with Crippen molar-refractivity contribution < 1.29 is 14.4 Å². The van der Waals surface area contributed by atoms with Gasteiger partial charge in [-0.25, -0.2) is 0 Å². The van der Waals surface area contributed by atoms with Gasteiger partial charge in [-0.05, 0) is 36.8 Å². The van der Waals surface area contributed by atoms with Gasteiger partial charge >= 0.3 is 0 Å². The summed E-state index contributed by atoms with van der Waals surface area (Å²) >= 11 is 0. The minimum absolute atomic E-state index is 0.631. The van der Waals surface area contributed by atoms with Crippen molar-refractivity contribution in [3.63, 3.8) is 0 Å². The van der Waals surface area contributed by atoms with E-state index in [-0.39, 0.29) is 0 Å². The van der Waals surface area contributed by atoms with Crippen molar-refractivity contribution in [1.82, 2.24) is 9.88 Å². The summed E-state index contributed by atoms with van der Waals surface area (Å²) in [6, 6.07) is 12.5. The first kappa shape index (κ1) is 18.2. The highest BCUT2D eigenvalue weighted by atomic mass is 16.2. The smallest absolute Gasteiger partial charge is 0.249 e. The molecule has 0 atom stereocenters. The van der Waals surface area contributed by atoms with Crippen LogP contribution in [0.2, 0.25) is 0 Å². The van der Waals surface area contributed by atoms with E-state index >= 15 is 0 Å². The van der Waals surface area contributed by atoms with Gasteiger partial charge in [0.2, 0.25) is 17.7 Å². The van der Waals surface area contributed by atoms with Gasteiger partial charge in [-0.15, -0.1) is 0 Å². The van der Waals surface area contributed by atoms with Crippen LogP contribution in [0, 0.1) is 0 Å². The molecule has 7 heteroatoms. The summed E-state index contributed by atoms with van der Waals surface area (Å²) in [7, 11) is 0. The fourth-order valence-corrected chi connectivity index (χ4v) is 3.16. The summed E-state index contributed by atoms with van der Waals surface area (Å²) in [5.41, 5.74) is 13.2. The first-order valence-electron chi connectivity index (χ1n) is 8.50. The Balaban J connectivity index is 1.91. The molecule has 0 fully saturated rings. The molecule has 3 aromatic rings. The number of fused-ring (bicyclic) bond motifs is 3. The summed E-state index contributed by atoms with van der Waals surface area (Å²) in [5, 5.41) is 4.41. The Morgan fingerprint density at radius 3 is 2.37 bits per heavy atom.